The van der Waals surface area contributed by atoms with Crippen molar-refractivity contribution in [2.45, 2.75) is 25.9 Å². The van der Waals surface area contributed by atoms with Crippen LogP contribution in [0.3, 0.4) is 0 Å². The molecule has 0 aliphatic rings. The van der Waals surface area contributed by atoms with Crippen LogP contribution < -0.4 is 11.1 Å². The van der Waals surface area contributed by atoms with Crippen LogP contribution in [0.5, 0.6) is 0 Å². The Morgan fingerprint density at radius 1 is 1.47 bits per heavy atom. The standard InChI is InChI=1S/C11H15FN2O/c1-7(13)11(15)14-8(2)9-4-3-5-10(12)6-9/h3-8H,13H2,1-2H3,(H,14,15)/t7-,8?/m0/s1. The quantitative estimate of drug-likeness (QED) is 0.791. The van der Waals surface area contributed by atoms with Crippen molar-refractivity contribution in [1.82, 2.24) is 5.32 Å². The molecule has 1 rings (SSSR count). The molecule has 1 unspecified atom stereocenters. The van der Waals surface area contributed by atoms with Gasteiger partial charge in [-0.15, -0.1) is 0 Å². The molecule has 3 nitrogen and oxygen atoms in total. The number of amides is 1. The van der Waals surface area contributed by atoms with Crippen LogP contribution in [-0.4, -0.2) is 11.9 Å². The van der Waals surface area contributed by atoms with Crippen molar-refractivity contribution >= 4 is 5.91 Å². The molecule has 0 radical (unpaired) electrons. The van der Waals surface area contributed by atoms with E-state index in [0.29, 0.717) is 0 Å². The van der Waals surface area contributed by atoms with Gasteiger partial charge in [-0.3, -0.25) is 4.79 Å². The maximum atomic E-state index is 12.9. The molecule has 0 fully saturated rings. The van der Waals surface area contributed by atoms with Crippen LogP contribution >= 0.6 is 0 Å². The maximum Gasteiger partial charge on any atom is 0.237 e. The fraction of sp³-hybridized carbons (Fsp3) is 0.364. The summed E-state index contributed by atoms with van der Waals surface area (Å²) in [5.41, 5.74) is 6.13. The fourth-order valence-electron chi connectivity index (χ4n) is 1.20. The smallest absolute Gasteiger partial charge is 0.237 e. The minimum atomic E-state index is -0.555. The second-order valence-electron chi connectivity index (χ2n) is 3.57. The predicted molar refractivity (Wildman–Crippen MR) is 56.6 cm³/mol. The molecule has 4 heteroatoms. The summed E-state index contributed by atoms with van der Waals surface area (Å²) in [4.78, 5) is 11.3. The second kappa shape index (κ2) is 4.89. The first-order valence-electron chi connectivity index (χ1n) is 4.82. The van der Waals surface area contributed by atoms with Crippen molar-refractivity contribution in [3.63, 3.8) is 0 Å². The lowest BCUT2D eigenvalue weighted by molar-refractivity contribution is -0.122. The Labute approximate surface area is 88.5 Å². The van der Waals surface area contributed by atoms with Crippen LogP contribution in [0.2, 0.25) is 0 Å². The van der Waals surface area contributed by atoms with E-state index in [-0.39, 0.29) is 17.8 Å². The molecule has 1 aromatic carbocycles. The van der Waals surface area contributed by atoms with E-state index < -0.39 is 6.04 Å². The number of hydrogen-bond acceptors (Lipinski definition) is 2. The zero-order chi connectivity index (χ0) is 11.4. The zero-order valence-electron chi connectivity index (χ0n) is 8.83. The van der Waals surface area contributed by atoms with Gasteiger partial charge in [0.1, 0.15) is 5.82 Å². The number of nitrogens with one attached hydrogen (secondary N) is 1. The number of halogens is 1. The molecule has 0 spiro atoms. The highest BCUT2D eigenvalue weighted by Gasteiger charge is 2.12. The molecule has 15 heavy (non-hydrogen) atoms. The van der Waals surface area contributed by atoms with Gasteiger partial charge in [-0.05, 0) is 31.5 Å². The van der Waals surface area contributed by atoms with Gasteiger partial charge >= 0.3 is 0 Å². The summed E-state index contributed by atoms with van der Waals surface area (Å²) < 4.78 is 12.9. The third-order valence-corrected chi connectivity index (χ3v) is 2.12. The van der Waals surface area contributed by atoms with Crippen molar-refractivity contribution in [3.05, 3.63) is 35.6 Å². The summed E-state index contributed by atoms with van der Waals surface area (Å²) in [5.74, 6) is -0.554. The van der Waals surface area contributed by atoms with Gasteiger partial charge in [-0.1, -0.05) is 12.1 Å². The van der Waals surface area contributed by atoms with E-state index in [0.717, 1.165) is 5.56 Å². The van der Waals surface area contributed by atoms with E-state index in [4.69, 9.17) is 5.73 Å². The van der Waals surface area contributed by atoms with E-state index in [9.17, 15) is 9.18 Å². The number of hydrogen-bond donors (Lipinski definition) is 2. The summed E-state index contributed by atoms with van der Waals surface area (Å²) in [7, 11) is 0. The zero-order valence-corrected chi connectivity index (χ0v) is 8.83. The molecule has 1 amide bonds. The van der Waals surface area contributed by atoms with Gasteiger partial charge in [-0.25, -0.2) is 4.39 Å². The van der Waals surface area contributed by atoms with Crippen LogP contribution in [0, 0.1) is 5.82 Å². The number of rotatable bonds is 3. The molecule has 1 aromatic rings. The first-order chi connectivity index (χ1) is 7.00. The molecule has 0 aliphatic carbocycles. The van der Waals surface area contributed by atoms with E-state index in [2.05, 4.69) is 5.32 Å². The Bertz CT molecular complexity index is 352. The lowest BCUT2D eigenvalue weighted by Gasteiger charge is -2.15. The molecule has 0 heterocycles. The molecule has 0 bridgehead atoms. The van der Waals surface area contributed by atoms with E-state index >= 15 is 0 Å². The Morgan fingerprint density at radius 3 is 2.67 bits per heavy atom. The molecule has 2 atom stereocenters. The highest BCUT2D eigenvalue weighted by Crippen LogP contribution is 2.13. The fourth-order valence-corrected chi connectivity index (χ4v) is 1.20. The van der Waals surface area contributed by atoms with Gasteiger partial charge in [0, 0.05) is 0 Å². The normalized spacial score (nSPS) is 14.4. The van der Waals surface area contributed by atoms with Crippen molar-refractivity contribution in [3.8, 4) is 0 Å². The third kappa shape index (κ3) is 3.32. The molecule has 0 aromatic heterocycles. The molecular weight excluding hydrogens is 195 g/mol. The summed E-state index contributed by atoms with van der Waals surface area (Å²) in [6.07, 6.45) is 0. The van der Waals surface area contributed by atoms with Crippen LogP contribution in [0.25, 0.3) is 0 Å². The Kier molecular flexibility index (Phi) is 3.80. The van der Waals surface area contributed by atoms with Gasteiger partial charge in [0.2, 0.25) is 5.91 Å². The van der Waals surface area contributed by atoms with Gasteiger partial charge < -0.3 is 11.1 Å². The molecule has 0 saturated carbocycles. The molecule has 82 valence electrons. The van der Waals surface area contributed by atoms with Crippen LogP contribution in [0.15, 0.2) is 24.3 Å². The topological polar surface area (TPSA) is 55.1 Å². The Morgan fingerprint density at radius 2 is 2.13 bits per heavy atom. The monoisotopic (exact) mass is 210 g/mol. The Balaban J connectivity index is 2.69. The van der Waals surface area contributed by atoms with Crippen LogP contribution in [-0.2, 0) is 4.79 Å². The summed E-state index contributed by atoms with van der Waals surface area (Å²) in [6.45, 7) is 3.39. The average molecular weight is 210 g/mol. The minimum absolute atomic E-state index is 0.237. The largest absolute Gasteiger partial charge is 0.348 e. The van der Waals surface area contributed by atoms with E-state index in [1.165, 1.54) is 12.1 Å². The van der Waals surface area contributed by atoms with Crippen LogP contribution in [0.1, 0.15) is 25.5 Å². The van der Waals surface area contributed by atoms with Crippen LogP contribution in [0.4, 0.5) is 4.39 Å². The van der Waals surface area contributed by atoms with Crippen molar-refractivity contribution in [1.29, 1.82) is 0 Å². The first kappa shape index (κ1) is 11.7. The second-order valence-corrected chi connectivity index (χ2v) is 3.57. The van der Waals surface area contributed by atoms with Gasteiger partial charge in [0.05, 0.1) is 12.1 Å². The summed E-state index contributed by atoms with van der Waals surface area (Å²) in [5, 5.41) is 2.69. The van der Waals surface area contributed by atoms with Gasteiger partial charge in [0.25, 0.3) is 0 Å². The number of carbonyl (C=O) groups is 1. The first-order valence-corrected chi connectivity index (χ1v) is 4.82. The summed E-state index contributed by atoms with van der Waals surface area (Å²) in [6, 6.07) is 5.34. The van der Waals surface area contributed by atoms with E-state index in [1.807, 2.05) is 0 Å². The van der Waals surface area contributed by atoms with E-state index in [1.54, 1.807) is 26.0 Å². The van der Waals surface area contributed by atoms with Crippen molar-refractivity contribution in [2.24, 2.45) is 5.73 Å². The van der Waals surface area contributed by atoms with Crippen molar-refractivity contribution < 1.29 is 9.18 Å². The molecule has 3 N–H and O–H groups in total. The maximum absolute atomic E-state index is 12.9. The lowest BCUT2D eigenvalue weighted by atomic mass is 10.1. The Hall–Kier alpha value is -1.42. The predicted octanol–water partition coefficient (Wildman–Crippen LogP) is 1.35. The number of carbonyl (C=O) groups excluding carboxylic acids is 1. The van der Waals surface area contributed by atoms with Gasteiger partial charge in [-0.2, -0.15) is 0 Å². The number of benzene rings is 1. The average Bonchev–Trinajstić information content (AvgIpc) is 2.17. The minimum Gasteiger partial charge on any atom is -0.348 e. The molecular formula is C11H15FN2O. The molecule has 0 saturated heterocycles. The summed E-state index contributed by atoms with van der Waals surface area (Å²) >= 11 is 0. The highest BCUT2D eigenvalue weighted by atomic mass is 19.1. The SMILES string of the molecule is CC(NC(=O)[C@H](C)N)c1cccc(F)c1. The van der Waals surface area contributed by atoms with Crippen molar-refractivity contribution in [2.75, 3.05) is 0 Å². The lowest BCUT2D eigenvalue weighted by Crippen LogP contribution is -2.39. The number of nitrogens with two attached hydrogens (primary N) is 1. The third-order valence-electron chi connectivity index (χ3n) is 2.12. The molecule has 0 aliphatic heterocycles. The highest BCUT2D eigenvalue weighted by molar-refractivity contribution is 5.81. The van der Waals surface area contributed by atoms with Gasteiger partial charge in [0.15, 0.2) is 0 Å².